The molecule has 0 aromatic carbocycles. The monoisotopic (exact) mass is 253 g/mol. The van der Waals surface area contributed by atoms with Gasteiger partial charge in [0, 0.05) is 23.2 Å². The second kappa shape index (κ2) is 5.65. The van der Waals surface area contributed by atoms with Crippen LogP contribution in [0.4, 0.5) is 0 Å². The molecule has 2 rings (SSSR count). The van der Waals surface area contributed by atoms with Gasteiger partial charge in [-0.2, -0.15) is 0 Å². The number of thiophene rings is 1. The molecule has 1 unspecified atom stereocenters. The number of likely N-dealkylation sites (N-methyl/N-ethyl adjacent to an activating group) is 1. The van der Waals surface area contributed by atoms with Gasteiger partial charge < -0.3 is 9.80 Å². The SMILES string of the molecule is CCc1cc(C(=O)N2CCC[NH+](C)CC2)cs1. The highest BCUT2D eigenvalue weighted by atomic mass is 32.1. The predicted octanol–water partition coefficient (Wildman–Crippen LogP) is 0.671. The van der Waals surface area contributed by atoms with Crippen LogP contribution in [-0.4, -0.2) is 44.0 Å². The third-order valence-corrected chi connectivity index (χ3v) is 4.46. The molecule has 0 spiro atoms. The number of carbonyl (C=O) groups excluding carboxylic acids is 1. The Morgan fingerprint density at radius 3 is 3.00 bits per heavy atom. The maximum Gasteiger partial charge on any atom is 0.254 e. The minimum Gasteiger partial charge on any atom is -0.336 e. The van der Waals surface area contributed by atoms with Crippen molar-refractivity contribution < 1.29 is 9.69 Å². The summed E-state index contributed by atoms with van der Waals surface area (Å²) in [5, 5.41) is 2.00. The molecule has 1 fully saturated rings. The van der Waals surface area contributed by atoms with Gasteiger partial charge in [-0.15, -0.1) is 11.3 Å². The van der Waals surface area contributed by atoms with Gasteiger partial charge >= 0.3 is 0 Å². The number of aryl methyl sites for hydroxylation is 1. The first-order chi connectivity index (χ1) is 8.20. The van der Waals surface area contributed by atoms with Gasteiger partial charge in [-0.05, 0) is 12.5 Å². The first-order valence-electron chi connectivity index (χ1n) is 6.38. The van der Waals surface area contributed by atoms with Gasteiger partial charge in [-0.1, -0.05) is 6.92 Å². The summed E-state index contributed by atoms with van der Waals surface area (Å²) in [5.41, 5.74) is 0.881. The van der Waals surface area contributed by atoms with E-state index in [2.05, 4.69) is 20.0 Å². The highest BCUT2D eigenvalue weighted by Gasteiger charge is 2.21. The molecule has 4 heteroatoms. The highest BCUT2D eigenvalue weighted by Crippen LogP contribution is 2.17. The van der Waals surface area contributed by atoms with Crippen molar-refractivity contribution in [1.82, 2.24) is 4.90 Å². The lowest BCUT2D eigenvalue weighted by Crippen LogP contribution is -3.09. The topological polar surface area (TPSA) is 24.8 Å². The Kier molecular flexibility index (Phi) is 4.18. The fraction of sp³-hybridized carbons (Fsp3) is 0.615. The molecule has 2 heterocycles. The minimum atomic E-state index is 0.218. The smallest absolute Gasteiger partial charge is 0.254 e. The zero-order valence-corrected chi connectivity index (χ0v) is 11.5. The number of hydrogen-bond acceptors (Lipinski definition) is 2. The number of rotatable bonds is 2. The average molecular weight is 253 g/mol. The van der Waals surface area contributed by atoms with Crippen LogP contribution in [0.2, 0.25) is 0 Å². The van der Waals surface area contributed by atoms with E-state index in [1.807, 2.05) is 10.3 Å². The maximum absolute atomic E-state index is 12.3. The molecule has 94 valence electrons. The van der Waals surface area contributed by atoms with Gasteiger partial charge in [0.2, 0.25) is 0 Å². The normalized spacial score (nSPS) is 21.3. The molecule has 1 N–H and O–H groups in total. The van der Waals surface area contributed by atoms with Crippen LogP contribution in [0.1, 0.15) is 28.6 Å². The molecular formula is C13H21N2OS+. The molecular weight excluding hydrogens is 232 g/mol. The zero-order chi connectivity index (χ0) is 12.3. The van der Waals surface area contributed by atoms with Crippen molar-refractivity contribution in [3.8, 4) is 0 Å². The molecule has 3 nitrogen and oxygen atoms in total. The standard InChI is InChI=1S/C13H20N2OS/c1-3-12-9-11(10-17-12)13(16)15-6-4-5-14(2)7-8-15/h9-10H,3-8H2,1-2H3/p+1. The van der Waals surface area contributed by atoms with Crippen molar-refractivity contribution in [3.63, 3.8) is 0 Å². The molecule has 0 aliphatic carbocycles. The van der Waals surface area contributed by atoms with Crippen molar-refractivity contribution in [2.24, 2.45) is 0 Å². The lowest BCUT2D eigenvalue weighted by atomic mass is 10.2. The van der Waals surface area contributed by atoms with Crippen LogP contribution in [0, 0.1) is 0 Å². The summed E-state index contributed by atoms with van der Waals surface area (Å²) in [7, 11) is 2.20. The van der Waals surface area contributed by atoms with Crippen LogP contribution in [0.25, 0.3) is 0 Å². The molecule has 17 heavy (non-hydrogen) atoms. The summed E-state index contributed by atoms with van der Waals surface area (Å²) in [4.78, 5) is 17.1. The summed E-state index contributed by atoms with van der Waals surface area (Å²) < 4.78 is 0. The Morgan fingerprint density at radius 2 is 2.29 bits per heavy atom. The molecule has 1 amide bonds. The number of amides is 1. The van der Waals surface area contributed by atoms with Gasteiger partial charge in [0.1, 0.15) is 0 Å². The van der Waals surface area contributed by atoms with E-state index in [4.69, 9.17) is 0 Å². The Balaban J connectivity index is 2.03. The fourth-order valence-electron chi connectivity index (χ4n) is 2.20. The van der Waals surface area contributed by atoms with E-state index in [0.717, 1.165) is 38.0 Å². The second-order valence-corrected chi connectivity index (χ2v) is 5.75. The van der Waals surface area contributed by atoms with E-state index in [0.29, 0.717) is 0 Å². The summed E-state index contributed by atoms with van der Waals surface area (Å²) >= 11 is 1.69. The van der Waals surface area contributed by atoms with E-state index in [9.17, 15) is 4.79 Å². The largest absolute Gasteiger partial charge is 0.336 e. The highest BCUT2D eigenvalue weighted by molar-refractivity contribution is 7.10. The Bertz CT molecular complexity index is 389. The van der Waals surface area contributed by atoms with E-state index < -0.39 is 0 Å². The van der Waals surface area contributed by atoms with Crippen LogP contribution >= 0.6 is 11.3 Å². The van der Waals surface area contributed by atoms with Crippen molar-refractivity contribution >= 4 is 17.2 Å². The van der Waals surface area contributed by atoms with Crippen LogP contribution in [0.15, 0.2) is 11.4 Å². The van der Waals surface area contributed by atoms with Gasteiger partial charge in [-0.25, -0.2) is 0 Å². The number of nitrogens with zero attached hydrogens (tertiary/aromatic N) is 1. The van der Waals surface area contributed by atoms with E-state index >= 15 is 0 Å². The molecule has 1 atom stereocenters. The van der Waals surface area contributed by atoms with Gasteiger partial charge in [-0.3, -0.25) is 4.79 Å². The molecule has 0 bridgehead atoms. The number of quaternary nitrogens is 1. The molecule has 1 aliphatic rings. The van der Waals surface area contributed by atoms with Gasteiger partial charge in [0.25, 0.3) is 5.91 Å². The summed E-state index contributed by atoms with van der Waals surface area (Å²) in [6, 6.07) is 2.05. The molecule has 1 saturated heterocycles. The second-order valence-electron chi connectivity index (χ2n) is 4.76. The van der Waals surface area contributed by atoms with Crippen molar-refractivity contribution in [3.05, 3.63) is 21.9 Å². The van der Waals surface area contributed by atoms with E-state index in [-0.39, 0.29) is 5.91 Å². The quantitative estimate of drug-likeness (QED) is 0.823. The number of nitrogens with one attached hydrogen (secondary N) is 1. The van der Waals surface area contributed by atoms with Gasteiger partial charge in [0.15, 0.2) is 0 Å². The maximum atomic E-state index is 12.3. The minimum absolute atomic E-state index is 0.218. The molecule has 0 saturated carbocycles. The molecule has 1 aromatic rings. The summed E-state index contributed by atoms with van der Waals surface area (Å²) in [5.74, 6) is 0.218. The first kappa shape index (κ1) is 12.6. The third kappa shape index (κ3) is 3.07. The van der Waals surface area contributed by atoms with Crippen molar-refractivity contribution in [2.75, 3.05) is 33.2 Å². The predicted molar refractivity (Wildman–Crippen MR) is 70.8 cm³/mol. The third-order valence-electron chi connectivity index (χ3n) is 3.38. The van der Waals surface area contributed by atoms with Crippen molar-refractivity contribution in [1.29, 1.82) is 0 Å². The van der Waals surface area contributed by atoms with Crippen molar-refractivity contribution in [2.45, 2.75) is 19.8 Å². The molecule has 0 radical (unpaired) electrons. The van der Waals surface area contributed by atoms with E-state index in [1.165, 1.54) is 16.3 Å². The van der Waals surface area contributed by atoms with Crippen LogP contribution < -0.4 is 4.90 Å². The average Bonchev–Trinajstić information content (AvgIpc) is 2.71. The van der Waals surface area contributed by atoms with E-state index in [1.54, 1.807) is 11.3 Å². The Labute approximate surface area is 107 Å². The zero-order valence-electron chi connectivity index (χ0n) is 10.7. The lowest BCUT2D eigenvalue weighted by Gasteiger charge is -2.18. The Morgan fingerprint density at radius 1 is 1.47 bits per heavy atom. The molecule has 1 aromatic heterocycles. The lowest BCUT2D eigenvalue weighted by molar-refractivity contribution is -0.877. The van der Waals surface area contributed by atoms with Crippen LogP contribution in [-0.2, 0) is 6.42 Å². The summed E-state index contributed by atoms with van der Waals surface area (Å²) in [6.45, 7) is 6.17. The summed E-state index contributed by atoms with van der Waals surface area (Å²) in [6.07, 6.45) is 2.13. The Hall–Kier alpha value is -0.870. The van der Waals surface area contributed by atoms with Crippen LogP contribution in [0.5, 0.6) is 0 Å². The molecule has 1 aliphatic heterocycles. The van der Waals surface area contributed by atoms with Gasteiger partial charge in [0.05, 0.1) is 32.2 Å². The van der Waals surface area contributed by atoms with Crippen LogP contribution in [0.3, 0.4) is 0 Å². The number of hydrogen-bond donors (Lipinski definition) is 1. The first-order valence-corrected chi connectivity index (χ1v) is 7.26. The number of carbonyl (C=O) groups is 1. The fourth-order valence-corrected chi connectivity index (χ4v) is 3.01.